The van der Waals surface area contributed by atoms with Crippen molar-refractivity contribution in [2.45, 2.75) is 12.2 Å². The highest BCUT2D eigenvalue weighted by atomic mass is 32.2. The highest BCUT2D eigenvalue weighted by Crippen LogP contribution is 2.15. The van der Waals surface area contributed by atoms with Crippen LogP contribution in [0.5, 0.6) is 0 Å². The fourth-order valence-electron chi connectivity index (χ4n) is 2.14. The van der Waals surface area contributed by atoms with Crippen LogP contribution in [0.1, 0.15) is 6.92 Å². The maximum absolute atomic E-state index is 12.8. The molecule has 5 nitrogen and oxygen atoms in total. The molecule has 1 saturated heterocycles. The van der Waals surface area contributed by atoms with E-state index in [9.17, 15) is 14.0 Å². The van der Waals surface area contributed by atoms with Gasteiger partial charge >= 0.3 is 0 Å². The second kappa shape index (κ2) is 8.14. The highest BCUT2D eigenvalue weighted by molar-refractivity contribution is 8.01. The van der Waals surface area contributed by atoms with E-state index in [1.165, 1.54) is 36.0 Å². The highest BCUT2D eigenvalue weighted by Gasteiger charge is 2.22. The second-order valence-corrected chi connectivity index (χ2v) is 6.41. The maximum Gasteiger partial charge on any atom is 0.235 e. The summed E-state index contributed by atoms with van der Waals surface area (Å²) in [6.07, 6.45) is 0. The Morgan fingerprint density at radius 2 is 1.95 bits per heavy atom. The molecule has 1 aliphatic heterocycles. The van der Waals surface area contributed by atoms with Gasteiger partial charge in [-0.2, -0.15) is 0 Å². The van der Waals surface area contributed by atoms with Crippen molar-refractivity contribution in [3.63, 3.8) is 0 Å². The third-order valence-electron chi connectivity index (χ3n) is 3.37. The van der Waals surface area contributed by atoms with Crippen LogP contribution >= 0.6 is 11.8 Å². The Kier molecular flexibility index (Phi) is 6.21. The van der Waals surface area contributed by atoms with Gasteiger partial charge in [0.25, 0.3) is 0 Å². The molecule has 2 rings (SSSR count). The number of anilines is 1. The van der Waals surface area contributed by atoms with Gasteiger partial charge in [0.1, 0.15) is 5.82 Å². The van der Waals surface area contributed by atoms with E-state index >= 15 is 0 Å². The molecule has 1 heterocycles. The van der Waals surface area contributed by atoms with Gasteiger partial charge in [-0.15, -0.1) is 11.8 Å². The summed E-state index contributed by atoms with van der Waals surface area (Å²) >= 11 is 1.31. The van der Waals surface area contributed by atoms with E-state index in [2.05, 4.69) is 10.6 Å². The van der Waals surface area contributed by atoms with Crippen LogP contribution in [0.3, 0.4) is 0 Å². The van der Waals surface area contributed by atoms with Crippen molar-refractivity contribution < 1.29 is 14.0 Å². The largest absolute Gasteiger partial charge is 0.339 e. The summed E-state index contributed by atoms with van der Waals surface area (Å²) < 4.78 is 12.8. The lowest BCUT2D eigenvalue weighted by atomic mass is 10.3. The van der Waals surface area contributed by atoms with Crippen molar-refractivity contribution in [1.29, 1.82) is 0 Å². The molecule has 2 amide bonds. The van der Waals surface area contributed by atoms with Gasteiger partial charge in [0.15, 0.2) is 0 Å². The molecule has 1 aliphatic rings. The van der Waals surface area contributed by atoms with E-state index in [0.29, 0.717) is 18.8 Å². The van der Waals surface area contributed by atoms with Gasteiger partial charge in [-0.1, -0.05) is 0 Å². The molecule has 0 radical (unpaired) electrons. The van der Waals surface area contributed by atoms with E-state index in [0.717, 1.165) is 13.1 Å². The summed E-state index contributed by atoms with van der Waals surface area (Å²) in [5.41, 5.74) is 0.549. The zero-order valence-corrected chi connectivity index (χ0v) is 13.3. The van der Waals surface area contributed by atoms with E-state index in [-0.39, 0.29) is 28.6 Å². The number of hydrogen-bond acceptors (Lipinski definition) is 4. The topological polar surface area (TPSA) is 61.4 Å². The van der Waals surface area contributed by atoms with Gasteiger partial charge in [0.05, 0.1) is 11.0 Å². The summed E-state index contributed by atoms with van der Waals surface area (Å²) in [6.45, 7) is 4.87. The minimum Gasteiger partial charge on any atom is -0.339 e. The molecule has 0 saturated carbocycles. The van der Waals surface area contributed by atoms with Crippen LogP contribution in [-0.4, -0.2) is 53.9 Å². The molecule has 1 unspecified atom stereocenters. The number of carbonyl (C=O) groups is 2. The van der Waals surface area contributed by atoms with Crippen LogP contribution in [-0.2, 0) is 9.59 Å². The molecule has 0 aromatic heterocycles. The molecule has 1 fully saturated rings. The van der Waals surface area contributed by atoms with Crippen molar-refractivity contribution in [2.75, 3.05) is 37.2 Å². The van der Waals surface area contributed by atoms with Gasteiger partial charge in [-0.3, -0.25) is 9.59 Å². The fraction of sp³-hybridized carbons (Fsp3) is 0.467. The Hall–Kier alpha value is -1.60. The first-order valence-electron chi connectivity index (χ1n) is 7.23. The molecule has 2 N–H and O–H groups in total. The minimum absolute atomic E-state index is 0.0704. The molecule has 0 aliphatic carbocycles. The quantitative estimate of drug-likeness (QED) is 0.857. The van der Waals surface area contributed by atoms with Crippen LogP contribution in [0.25, 0.3) is 0 Å². The number of thioether (sulfide) groups is 1. The number of benzene rings is 1. The first-order chi connectivity index (χ1) is 10.6. The molecular weight excluding hydrogens is 305 g/mol. The predicted molar refractivity (Wildman–Crippen MR) is 86.4 cm³/mol. The van der Waals surface area contributed by atoms with E-state index in [1.807, 2.05) is 11.8 Å². The first-order valence-corrected chi connectivity index (χ1v) is 8.27. The third kappa shape index (κ3) is 4.99. The van der Waals surface area contributed by atoms with Gasteiger partial charge in [-0.25, -0.2) is 4.39 Å². The van der Waals surface area contributed by atoms with Gasteiger partial charge in [0, 0.05) is 31.9 Å². The molecule has 7 heteroatoms. The Balaban J connectivity index is 1.75. The lowest BCUT2D eigenvalue weighted by molar-refractivity contribution is -0.130. The standard InChI is InChI=1S/C15H20FN3O2S/c1-11(15(21)19-8-6-17-7-9-19)22-10-14(20)18-13-4-2-12(16)3-5-13/h2-5,11,17H,6-10H2,1H3,(H,18,20). The number of carbonyl (C=O) groups excluding carboxylic acids is 2. The summed E-state index contributed by atoms with van der Waals surface area (Å²) in [7, 11) is 0. The number of halogens is 1. The zero-order valence-electron chi connectivity index (χ0n) is 12.5. The molecule has 1 atom stereocenters. The van der Waals surface area contributed by atoms with E-state index in [1.54, 1.807) is 0 Å². The lowest BCUT2D eigenvalue weighted by Gasteiger charge is -2.29. The Labute approximate surface area is 133 Å². The number of nitrogens with one attached hydrogen (secondary N) is 2. The smallest absolute Gasteiger partial charge is 0.235 e. The predicted octanol–water partition coefficient (Wildman–Crippen LogP) is 1.32. The maximum atomic E-state index is 12.8. The van der Waals surface area contributed by atoms with Gasteiger partial charge < -0.3 is 15.5 Å². The summed E-state index contributed by atoms with van der Waals surface area (Å²) in [6, 6.07) is 5.60. The number of piperazine rings is 1. The normalized spacial score (nSPS) is 16.2. The van der Waals surface area contributed by atoms with Crippen LogP contribution in [0.2, 0.25) is 0 Å². The van der Waals surface area contributed by atoms with Crippen LogP contribution in [0.4, 0.5) is 10.1 Å². The average molecular weight is 325 g/mol. The molecule has 1 aromatic carbocycles. The van der Waals surface area contributed by atoms with Gasteiger partial charge in [-0.05, 0) is 31.2 Å². The van der Waals surface area contributed by atoms with Crippen molar-refractivity contribution in [3.05, 3.63) is 30.1 Å². The molecule has 120 valence electrons. The minimum atomic E-state index is -0.345. The number of nitrogens with zero attached hydrogens (tertiary/aromatic N) is 1. The zero-order chi connectivity index (χ0) is 15.9. The van der Waals surface area contributed by atoms with Crippen molar-refractivity contribution in [2.24, 2.45) is 0 Å². The molecular formula is C15H20FN3O2S. The molecule has 1 aromatic rings. The second-order valence-electron chi connectivity index (χ2n) is 5.08. The number of amides is 2. The summed E-state index contributed by atoms with van der Waals surface area (Å²) in [5.74, 6) is -0.281. The monoisotopic (exact) mass is 325 g/mol. The molecule has 0 spiro atoms. The third-order valence-corrected chi connectivity index (χ3v) is 4.50. The van der Waals surface area contributed by atoms with Crippen molar-refractivity contribution in [3.8, 4) is 0 Å². The van der Waals surface area contributed by atoms with E-state index in [4.69, 9.17) is 0 Å². The van der Waals surface area contributed by atoms with Crippen LogP contribution in [0.15, 0.2) is 24.3 Å². The Morgan fingerprint density at radius 3 is 2.59 bits per heavy atom. The molecule has 0 bridgehead atoms. The van der Waals surface area contributed by atoms with E-state index < -0.39 is 0 Å². The van der Waals surface area contributed by atoms with Crippen LogP contribution < -0.4 is 10.6 Å². The first kappa shape index (κ1) is 16.8. The fourth-order valence-corrected chi connectivity index (χ4v) is 2.91. The summed E-state index contributed by atoms with van der Waals surface area (Å²) in [4.78, 5) is 25.9. The lowest BCUT2D eigenvalue weighted by Crippen LogP contribution is -2.48. The SMILES string of the molecule is CC(SCC(=O)Nc1ccc(F)cc1)C(=O)N1CCNCC1. The molecule has 22 heavy (non-hydrogen) atoms. The summed E-state index contributed by atoms with van der Waals surface area (Å²) in [5, 5.41) is 5.63. The Bertz CT molecular complexity index is 518. The van der Waals surface area contributed by atoms with Crippen molar-refractivity contribution in [1.82, 2.24) is 10.2 Å². The number of hydrogen-bond donors (Lipinski definition) is 2. The van der Waals surface area contributed by atoms with Gasteiger partial charge in [0.2, 0.25) is 11.8 Å². The number of rotatable bonds is 5. The van der Waals surface area contributed by atoms with Crippen LogP contribution in [0, 0.1) is 5.82 Å². The Morgan fingerprint density at radius 1 is 1.32 bits per heavy atom. The average Bonchev–Trinajstić information content (AvgIpc) is 2.55. The van der Waals surface area contributed by atoms with Crippen molar-refractivity contribution >= 4 is 29.3 Å².